The van der Waals surface area contributed by atoms with Gasteiger partial charge >= 0.3 is 0 Å². The molecule has 10 heavy (non-hydrogen) atoms. The summed E-state index contributed by atoms with van der Waals surface area (Å²) in [5.41, 5.74) is 1.03. The zero-order chi connectivity index (χ0) is 7.40. The Morgan fingerprint density at radius 2 is 1.90 bits per heavy atom. The Morgan fingerprint density at radius 1 is 1.30 bits per heavy atom. The second-order valence-electron chi connectivity index (χ2n) is 2.25. The van der Waals surface area contributed by atoms with Crippen LogP contribution in [0.5, 0.6) is 0 Å². The van der Waals surface area contributed by atoms with E-state index in [1.54, 1.807) is 0 Å². The van der Waals surface area contributed by atoms with Gasteiger partial charge in [-0.25, -0.2) is 0 Å². The standard InChI is InChI=1S/C9H9O/c1-8(7-10)9-5-3-2-4-6-9/h2-6,8H,1H3/t8-/m0/s1. The molecule has 1 heteroatoms. The van der Waals surface area contributed by atoms with Crippen LogP contribution in [0.4, 0.5) is 0 Å². The van der Waals surface area contributed by atoms with E-state index in [1.807, 2.05) is 43.5 Å². The molecular weight excluding hydrogens is 124 g/mol. The lowest BCUT2D eigenvalue weighted by Gasteiger charge is -1.99. The van der Waals surface area contributed by atoms with Gasteiger partial charge in [0.2, 0.25) is 6.29 Å². The summed E-state index contributed by atoms with van der Waals surface area (Å²) in [6.07, 6.45) is 1.93. The van der Waals surface area contributed by atoms with Crippen molar-refractivity contribution in [2.45, 2.75) is 12.8 Å². The summed E-state index contributed by atoms with van der Waals surface area (Å²) in [7, 11) is 0. The first kappa shape index (κ1) is 7.00. The molecule has 1 nitrogen and oxygen atoms in total. The summed E-state index contributed by atoms with van der Waals surface area (Å²) in [4.78, 5) is 10.2. The minimum atomic E-state index is -0.0961. The van der Waals surface area contributed by atoms with Crippen LogP contribution >= 0.6 is 0 Å². The summed E-state index contributed by atoms with van der Waals surface area (Å²) >= 11 is 0. The smallest absolute Gasteiger partial charge is 0.206 e. The lowest BCUT2D eigenvalue weighted by atomic mass is 10.0. The summed E-state index contributed by atoms with van der Waals surface area (Å²) in [6, 6.07) is 9.62. The molecule has 0 aliphatic carbocycles. The molecular formula is C9H9O. The fourth-order valence-corrected chi connectivity index (χ4v) is 0.810. The van der Waals surface area contributed by atoms with Crippen LogP contribution in [0.1, 0.15) is 18.4 Å². The summed E-state index contributed by atoms with van der Waals surface area (Å²) in [5, 5.41) is 0. The van der Waals surface area contributed by atoms with E-state index in [1.165, 1.54) is 0 Å². The van der Waals surface area contributed by atoms with Gasteiger partial charge in [-0.2, -0.15) is 0 Å². The molecule has 0 aliphatic rings. The van der Waals surface area contributed by atoms with Crippen LogP contribution in [0, 0.1) is 0 Å². The molecule has 0 aromatic heterocycles. The normalized spacial score (nSPS) is 12.5. The highest BCUT2D eigenvalue weighted by molar-refractivity contribution is 5.61. The average Bonchev–Trinajstić information content (AvgIpc) is 2.05. The number of benzene rings is 1. The van der Waals surface area contributed by atoms with Crippen molar-refractivity contribution in [1.29, 1.82) is 0 Å². The molecule has 1 atom stereocenters. The summed E-state index contributed by atoms with van der Waals surface area (Å²) in [6.45, 7) is 1.84. The Morgan fingerprint density at radius 3 is 2.40 bits per heavy atom. The molecule has 0 heterocycles. The quantitative estimate of drug-likeness (QED) is 0.602. The predicted molar refractivity (Wildman–Crippen MR) is 40.6 cm³/mol. The van der Waals surface area contributed by atoms with Gasteiger partial charge in [-0.15, -0.1) is 0 Å². The molecule has 0 unspecified atom stereocenters. The highest BCUT2D eigenvalue weighted by Gasteiger charge is 2.01. The van der Waals surface area contributed by atoms with Crippen molar-refractivity contribution in [3.8, 4) is 0 Å². The minimum absolute atomic E-state index is 0.0961. The van der Waals surface area contributed by atoms with Gasteiger partial charge in [0.15, 0.2) is 0 Å². The molecule has 1 radical (unpaired) electrons. The zero-order valence-electron chi connectivity index (χ0n) is 5.87. The molecule has 0 N–H and O–H groups in total. The van der Waals surface area contributed by atoms with Crippen molar-refractivity contribution in [3.63, 3.8) is 0 Å². The van der Waals surface area contributed by atoms with Crippen LogP contribution in [-0.4, -0.2) is 6.29 Å². The van der Waals surface area contributed by atoms with Crippen molar-refractivity contribution < 1.29 is 4.79 Å². The third kappa shape index (κ3) is 1.44. The summed E-state index contributed by atoms with van der Waals surface area (Å²) < 4.78 is 0. The first-order chi connectivity index (χ1) is 4.84. The van der Waals surface area contributed by atoms with Crippen molar-refractivity contribution >= 4 is 6.29 Å². The van der Waals surface area contributed by atoms with Gasteiger partial charge in [0.25, 0.3) is 0 Å². The van der Waals surface area contributed by atoms with Crippen molar-refractivity contribution in [3.05, 3.63) is 35.9 Å². The monoisotopic (exact) mass is 133 g/mol. The molecule has 51 valence electrons. The topological polar surface area (TPSA) is 17.1 Å². The van der Waals surface area contributed by atoms with Crippen LogP contribution in [-0.2, 0) is 4.79 Å². The van der Waals surface area contributed by atoms with Gasteiger partial charge in [-0.1, -0.05) is 37.3 Å². The molecule has 1 aromatic carbocycles. The average molecular weight is 133 g/mol. The van der Waals surface area contributed by atoms with Gasteiger partial charge in [-0.3, -0.25) is 4.79 Å². The van der Waals surface area contributed by atoms with Crippen molar-refractivity contribution in [1.82, 2.24) is 0 Å². The molecule has 0 fully saturated rings. The Balaban J connectivity index is 2.84. The largest absolute Gasteiger partial charge is 0.290 e. The number of hydrogen-bond acceptors (Lipinski definition) is 1. The molecule has 0 bridgehead atoms. The predicted octanol–water partition coefficient (Wildman–Crippen LogP) is 1.90. The highest BCUT2D eigenvalue weighted by Crippen LogP contribution is 2.10. The third-order valence-electron chi connectivity index (χ3n) is 1.48. The van der Waals surface area contributed by atoms with E-state index in [9.17, 15) is 4.79 Å². The molecule has 0 saturated heterocycles. The van der Waals surface area contributed by atoms with E-state index in [2.05, 4.69) is 0 Å². The van der Waals surface area contributed by atoms with Crippen LogP contribution < -0.4 is 0 Å². The maximum atomic E-state index is 10.2. The second-order valence-corrected chi connectivity index (χ2v) is 2.25. The van der Waals surface area contributed by atoms with Gasteiger partial charge in [0, 0.05) is 5.92 Å². The fourth-order valence-electron chi connectivity index (χ4n) is 0.810. The van der Waals surface area contributed by atoms with Crippen LogP contribution in [0.3, 0.4) is 0 Å². The number of carbonyl (C=O) groups excluding carboxylic acids is 1. The van der Waals surface area contributed by atoms with Crippen LogP contribution in [0.25, 0.3) is 0 Å². The minimum Gasteiger partial charge on any atom is -0.290 e. The van der Waals surface area contributed by atoms with E-state index in [0.717, 1.165) is 5.56 Å². The molecule has 0 saturated carbocycles. The first-order valence-corrected chi connectivity index (χ1v) is 3.27. The van der Waals surface area contributed by atoms with Crippen molar-refractivity contribution in [2.75, 3.05) is 0 Å². The SMILES string of the molecule is C[C@@H]([C]=O)c1ccccc1. The van der Waals surface area contributed by atoms with E-state index >= 15 is 0 Å². The van der Waals surface area contributed by atoms with Gasteiger partial charge in [0.05, 0.1) is 0 Å². The molecule has 0 spiro atoms. The Kier molecular flexibility index (Phi) is 2.21. The third-order valence-corrected chi connectivity index (χ3v) is 1.48. The van der Waals surface area contributed by atoms with Gasteiger partial charge < -0.3 is 0 Å². The summed E-state index contributed by atoms with van der Waals surface area (Å²) in [5.74, 6) is -0.0961. The Bertz CT molecular complexity index is 203. The Hall–Kier alpha value is -1.11. The zero-order valence-corrected chi connectivity index (χ0v) is 5.87. The Labute approximate surface area is 60.7 Å². The van der Waals surface area contributed by atoms with Crippen molar-refractivity contribution in [2.24, 2.45) is 0 Å². The maximum absolute atomic E-state index is 10.2. The van der Waals surface area contributed by atoms with E-state index < -0.39 is 0 Å². The number of hydrogen-bond donors (Lipinski definition) is 0. The maximum Gasteiger partial charge on any atom is 0.206 e. The fraction of sp³-hybridized carbons (Fsp3) is 0.222. The van der Waals surface area contributed by atoms with E-state index in [0.29, 0.717) is 0 Å². The van der Waals surface area contributed by atoms with E-state index in [-0.39, 0.29) is 5.92 Å². The molecule has 0 amide bonds. The highest BCUT2D eigenvalue weighted by atomic mass is 16.1. The van der Waals surface area contributed by atoms with Gasteiger partial charge in [0.1, 0.15) is 0 Å². The first-order valence-electron chi connectivity index (χ1n) is 3.27. The van der Waals surface area contributed by atoms with Crippen LogP contribution in [0.2, 0.25) is 0 Å². The molecule has 1 rings (SSSR count). The molecule has 1 aromatic rings. The van der Waals surface area contributed by atoms with E-state index in [4.69, 9.17) is 0 Å². The van der Waals surface area contributed by atoms with Gasteiger partial charge in [-0.05, 0) is 5.56 Å². The van der Waals surface area contributed by atoms with Crippen LogP contribution in [0.15, 0.2) is 30.3 Å². The second kappa shape index (κ2) is 3.16. The number of rotatable bonds is 2. The lowest BCUT2D eigenvalue weighted by Crippen LogP contribution is -1.92. The lowest BCUT2D eigenvalue weighted by molar-refractivity contribution is 0.546. The molecule has 0 aliphatic heterocycles.